The largest absolute Gasteiger partial charge is 0.345 e. The lowest BCUT2D eigenvalue weighted by Crippen LogP contribution is -2.30. The maximum absolute atomic E-state index is 12.7. The average Bonchev–Trinajstić information content (AvgIpc) is 3.15. The van der Waals surface area contributed by atoms with Crippen LogP contribution in [0.1, 0.15) is 26.8 Å². The van der Waals surface area contributed by atoms with Crippen molar-refractivity contribution in [1.82, 2.24) is 20.1 Å². The van der Waals surface area contributed by atoms with E-state index in [1.54, 1.807) is 16.2 Å². The molecule has 0 aliphatic heterocycles. The van der Waals surface area contributed by atoms with E-state index >= 15 is 0 Å². The number of thiazole rings is 1. The standard InChI is InChI=1S/C20H23ClN4OS/c1-12-17(13(2)24-23-12)9-10-25(4)19(26)11-18-20(22-14(3)27-18)15-5-7-16(21)8-6-15/h5-8H,9-11H2,1-4H3,(H,23,24). The number of H-pyrrole nitrogens is 1. The Balaban J connectivity index is 1.69. The Hall–Kier alpha value is -2.18. The van der Waals surface area contributed by atoms with E-state index in [0.717, 1.165) is 39.0 Å². The molecule has 3 rings (SSSR count). The highest BCUT2D eigenvalue weighted by molar-refractivity contribution is 7.12. The van der Waals surface area contributed by atoms with Crippen LogP contribution in [0, 0.1) is 20.8 Å². The molecule has 142 valence electrons. The molecule has 0 unspecified atom stereocenters. The van der Waals surface area contributed by atoms with E-state index in [9.17, 15) is 4.79 Å². The lowest BCUT2D eigenvalue weighted by Gasteiger charge is -2.17. The minimum atomic E-state index is 0.0904. The number of aromatic amines is 1. The number of nitrogens with zero attached hydrogens (tertiary/aromatic N) is 3. The Morgan fingerprint density at radius 1 is 1.22 bits per heavy atom. The van der Waals surface area contributed by atoms with E-state index < -0.39 is 0 Å². The van der Waals surface area contributed by atoms with Crippen LogP contribution in [-0.2, 0) is 17.6 Å². The molecule has 0 saturated carbocycles. The molecule has 1 N–H and O–H groups in total. The summed E-state index contributed by atoms with van der Waals surface area (Å²) in [7, 11) is 1.85. The normalized spacial score (nSPS) is 11.0. The second-order valence-electron chi connectivity index (χ2n) is 6.67. The molecule has 0 radical (unpaired) electrons. The molecule has 0 fully saturated rings. The molecule has 0 bridgehead atoms. The molecule has 0 aliphatic carbocycles. The van der Waals surface area contributed by atoms with Crippen LogP contribution in [0.25, 0.3) is 11.3 Å². The summed E-state index contributed by atoms with van der Waals surface area (Å²) >= 11 is 7.56. The number of rotatable bonds is 6. The monoisotopic (exact) mass is 402 g/mol. The molecule has 5 nitrogen and oxygen atoms in total. The van der Waals surface area contributed by atoms with E-state index in [4.69, 9.17) is 11.6 Å². The van der Waals surface area contributed by atoms with Crippen molar-refractivity contribution in [3.8, 4) is 11.3 Å². The van der Waals surface area contributed by atoms with Crippen LogP contribution in [0.5, 0.6) is 0 Å². The van der Waals surface area contributed by atoms with Crippen LogP contribution in [0.15, 0.2) is 24.3 Å². The van der Waals surface area contributed by atoms with E-state index in [-0.39, 0.29) is 5.91 Å². The van der Waals surface area contributed by atoms with Crippen LogP contribution in [0.2, 0.25) is 5.02 Å². The molecular formula is C20H23ClN4OS. The molecule has 0 spiro atoms. The van der Waals surface area contributed by atoms with Gasteiger partial charge in [-0.3, -0.25) is 9.89 Å². The molecule has 1 amide bonds. The van der Waals surface area contributed by atoms with Gasteiger partial charge in [-0.05, 0) is 44.9 Å². The van der Waals surface area contributed by atoms with Crippen molar-refractivity contribution in [2.75, 3.05) is 13.6 Å². The number of aryl methyl sites for hydroxylation is 3. The second kappa shape index (κ2) is 8.23. The number of amides is 1. The zero-order valence-electron chi connectivity index (χ0n) is 16.0. The topological polar surface area (TPSA) is 61.9 Å². The van der Waals surface area contributed by atoms with Gasteiger partial charge in [-0.25, -0.2) is 4.98 Å². The summed E-state index contributed by atoms with van der Waals surface area (Å²) in [6.07, 6.45) is 1.14. The lowest BCUT2D eigenvalue weighted by molar-refractivity contribution is -0.129. The maximum Gasteiger partial charge on any atom is 0.227 e. The van der Waals surface area contributed by atoms with E-state index in [1.807, 2.05) is 52.1 Å². The first-order chi connectivity index (χ1) is 12.8. The quantitative estimate of drug-likeness (QED) is 0.666. The molecule has 1 aromatic carbocycles. The summed E-state index contributed by atoms with van der Waals surface area (Å²) in [6.45, 7) is 6.62. The number of halogens is 1. The van der Waals surface area contributed by atoms with Gasteiger partial charge in [-0.2, -0.15) is 5.10 Å². The predicted molar refractivity (Wildman–Crippen MR) is 110 cm³/mol. The molecule has 3 aromatic rings. The SMILES string of the molecule is Cc1nc(-c2ccc(Cl)cc2)c(CC(=O)N(C)CCc2c(C)n[nH]c2C)s1. The van der Waals surface area contributed by atoms with Crippen molar-refractivity contribution in [3.05, 3.63) is 56.1 Å². The van der Waals surface area contributed by atoms with Crippen molar-refractivity contribution >= 4 is 28.8 Å². The highest BCUT2D eigenvalue weighted by atomic mass is 35.5. The van der Waals surface area contributed by atoms with Gasteiger partial charge in [0, 0.05) is 34.7 Å². The third kappa shape index (κ3) is 4.57. The Kier molecular flexibility index (Phi) is 5.97. The maximum atomic E-state index is 12.7. The number of likely N-dealkylation sites (N-methyl/N-ethyl adjacent to an activating group) is 1. The number of hydrogen-bond donors (Lipinski definition) is 1. The third-order valence-electron chi connectivity index (χ3n) is 4.64. The van der Waals surface area contributed by atoms with Gasteiger partial charge >= 0.3 is 0 Å². The zero-order chi connectivity index (χ0) is 19.6. The number of carbonyl (C=O) groups is 1. The summed E-state index contributed by atoms with van der Waals surface area (Å²) in [5.41, 5.74) is 5.11. The second-order valence-corrected chi connectivity index (χ2v) is 8.39. The molecule has 27 heavy (non-hydrogen) atoms. The summed E-state index contributed by atoms with van der Waals surface area (Å²) in [5, 5.41) is 8.85. The summed E-state index contributed by atoms with van der Waals surface area (Å²) in [5.74, 6) is 0.0904. The van der Waals surface area contributed by atoms with Gasteiger partial charge < -0.3 is 4.90 Å². The van der Waals surface area contributed by atoms with Gasteiger partial charge in [-0.1, -0.05) is 23.7 Å². The summed E-state index contributed by atoms with van der Waals surface area (Å²) < 4.78 is 0. The third-order valence-corrected chi connectivity index (χ3v) is 5.86. The first kappa shape index (κ1) is 19.6. The fourth-order valence-corrected chi connectivity index (χ4v) is 4.12. The molecular weight excluding hydrogens is 380 g/mol. The first-order valence-electron chi connectivity index (χ1n) is 8.81. The van der Waals surface area contributed by atoms with Crippen LogP contribution < -0.4 is 0 Å². The molecule has 0 atom stereocenters. The fourth-order valence-electron chi connectivity index (χ4n) is 3.04. The smallest absolute Gasteiger partial charge is 0.227 e. The molecule has 2 heterocycles. The zero-order valence-corrected chi connectivity index (χ0v) is 17.5. The summed E-state index contributed by atoms with van der Waals surface area (Å²) in [4.78, 5) is 20.1. The van der Waals surface area contributed by atoms with Crippen LogP contribution >= 0.6 is 22.9 Å². The van der Waals surface area contributed by atoms with E-state index in [2.05, 4.69) is 15.2 Å². The number of nitrogens with one attached hydrogen (secondary N) is 1. The van der Waals surface area contributed by atoms with Crippen molar-refractivity contribution in [2.45, 2.75) is 33.6 Å². The minimum Gasteiger partial charge on any atom is -0.345 e. The Labute approximate surface area is 168 Å². The molecule has 7 heteroatoms. The highest BCUT2D eigenvalue weighted by Gasteiger charge is 2.18. The number of benzene rings is 1. The molecule has 0 saturated heterocycles. The Morgan fingerprint density at radius 2 is 1.93 bits per heavy atom. The van der Waals surface area contributed by atoms with Gasteiger partial charge in [0.1, 0.15) is 0 Å². The van der Waals surface area contributed by atoms with Crippen molar-refractivity contribution in [2.24, 2.45) is 0 Å². The van der Waals surface area contributed by atoms with Gasteiger partial charge in [0.2, 0.25) is 5.91 Å². The van der Waals surface area contributed by atoms with Crippen LogP contribution in [-0.4, -0.2) is 39.6 Å². The summed E-state index contributed by atoms with van der Waals surface area (Å²) in [6, 6.07) is 7.58. The van der Waals surface area contributed by atoms with Gasteiger partial charge in [-0.15, -0.1) is 11.3 Å². The fraction of sp³-hybridized carbons (Fsp3) is 0.350. The Morgan fingerprint density at radius 3 is 2.56 bits per heavy atom. The van der Waals surface area contributed by atoms with E-state index in [1.165, 1.54) is 5.56 Å². The number of hydrogen-bond acceptors (Lipinski definition) is 4. The van der Waals surface area contributed by atoms with Crippen molar-refractivity contribution < 1.29 is 4.79 Å². The van der Waals surface area contributed by atoms with E-state index in [0.29, 0.717) is 18.0 Å². The van der Waals surface area contributed by atoms with Crippen molar-refractivity contribution in [1.29, 1.82) is 0 Å². The molecule has 0 aliphatic rings. The number of carbonyl (C=O) groups excluding carboxylic acids is 1. The van der Waals surface area contributed by atoms with Gasteiger partial charge in [0.25, 0.3) is 0 Å². The highest BCUT2D eigenvalue weighted by Crippen LogP contribution is 2.29. The molecule has 2 aromatic heterocycles. The van der Waals surface area contributed by atoms with Crippen LogP contribution in [0.4, 0.5) is 0 Å². The first-order valence-corrected chi connectivity index (χ1v) is 10.0. The Bertz CT molecular complexity index is 926. The predicted octanol–water partition coefficient (Wildman–Crippen LogP) is 4.36. The average molecular weight is 403 g/mol. The lowest BCUT2D eigenvalue weighted by atomic mass is 10.1. The van der Waals surface area contributed by atoms with Gasteiger partial charge in [0.05, 0.1) is 22.8 Å². The number of aromatic nitrogens is 3. The van der Waals surface area contributed by atoms with Gasteiger partial charge in [0.15, 0.2) is 0 Å². The minimum absolute atomic E-state index is 0.0904. The van der Waals surface area contributed by atoms with Crippen molar-refractivity contribution in [3.63, 3.8) is 0 Å². The van der Waals surface area contributed by atoms with Crippen LogP contribution in [0.3, 0.4) is 0 Å².